The second-order valence-corrected chi connectivity index (χ2v) is 8.13. The largest absolute Gasteiger partial charge is 0.369 e. The third-order valence-electron chi connectivity index (χ3n) is 5.60. The zero-order valence-electron chi connectivity index (χ0n) is 17.8. The van der Waals surface area contributed by atoms with Crippen LogP contribution in [0.5, 0.6) is 0 Å². The number of piperazine rings is 1. The van der Waals surface area contributed by atoms with Gasteiger partial charge in [-0.25, -0.2) is 0 Å². The van der Waals surface area contributed by atoms with Crippen molar-refractivity contribution >= 4 is 17.3 Å². The van der Waals surface area contributed by atoms with Gasteiger partial charge in [0.05, 0.1) is 0 Å². The SMILES string of the molecule is Cc1cc(C)cc(C(=O)Nc2ccc(N3CCN(Cc4ccccc4)CC3)cc2)c1. The van der Waals surface area contributed by atoms with Gasteiger partial charge in [-0.3, -0.25) is 9.69 Å². The number of hydrogen-bond acceptors (Lipinski definition) is 3. The second kappa shape index (κ2) is 9.14. The van der Waals surface area contributed by atoms with Crippen LogP contribution in [0.2, 0.25) is 0 Å². The van der Waals surface area contributed by atoms with E-state index in [-0.39, 0.29) is 5.91 Å². The minimum atomic E-state index is -0.0657. The van der Waals surface area contributed by atoms with E-state index in [0.717, 1.165) is 49.5 Å². The second-order valence-electron chi connectivity index (χ2n) is 8.13. The fraction of sp³-hybridized carbons (Fsp3) is 0.269. The average molecular weight is 400 g/mol. The lowest BCUT2D eigenvalue weighted by Crippen LogP contribution is -2.45. The van der Waals surface area contributed by atoms with Gasteiger partial charge < -0.3 is 10.2 Å². The molecule has 1 amide bonds. The van der Waals surface area contributed by atoms with E-state index in [2.05, 4.69) is 63.6 Å². The van der Waals surface area contributed by atoms with Gasteiger partial charge in [0.1, 0.15) is 0 Å². The molecule has 1 N–H and O–H groups in total. The summed E-state index contributed by atoms with van der Waals surface area (Å²) in [5.41, 5.74) is 6.30. The summed E-state index contributed by atoms with van der Waals surface area (Å²) in [6, 6.07) is 24.8. The van der Waals surface area contributed by atoms with Gasteiger partial charge in [-0.2, -0.15) is 0 Å². The fourth-order valence-electron chi connectivity index (χ4n) is 4.07. The predicted octanol–water partition coefficient (Wildman–Crippen LogP) is 4.88. The highest BCUT2D eigenvalue weighted by atomic mass is 16.1. The smallest absolute Gasteiger partial charge is 0.255 e. The van der Waals surface area contributed by atoms with Crippen LogP contribution in [0.25, 0.3) is 0 Å². The summed E-state index contributed by atoms with van der Waals surface area (Å²) in [6.45, 7) is 9.18. The van der Waals surface area contributed by atoms with E-state index in [9.17, 15) is 4.79 Å². The normalized spacial score (nSPS) is 14.5. The third kappa shape index (κ3) is 5.08. The van der Waals surface area contributed by atoms with Crippen LogP contribution in [0, 0.1) is 13.8 Å². The number of benzene rings is 3. The molecule has 3 aromatic rings. The quantitative estimate of drug-likeness (QED) is 0.664. The van der Waals surface area contributed by atoms with E-state index in [1.165, 1.54) is 11.3 Å². The first-order valence-electron chi connectivity index (χ1n) is 10.6. The van der Waals surface area contributed by atoms with E-state index < -0.39 is 0 Å². The molecular weight excluding hydrogens is 370 g/mol. The highest BCUT2D eigenvalue weighted by Crippen LogP contribution is 2.21. The summed E-state index contributed by atoms with van der Waals surface area (Å²) in [5, 5.41) is 3.01. The van der Waals surface area contributed by atoms with Crippen molar-refractivity contribution in [3.63, 3.8) is 0 Å². The molecule has 1 aliphatic rings. The van der Waals surface area contributed by atoms with Crippen LogP contribution < -0.4 is 10.2 Å². The molecule has 30 heavy (non-hydrogen) atoms. The number of carbonyl (C=O) groups excluding carboxylic acids is 1. The standard InChI is InChI=1S/C26H29N3O/c1-20-16-21(2)18-23(17-20)26(30)27-24-8-10-25(11-9-24)29-14-12-28(13-15-29)19-22-6-4-3-5-7-22/h3-11,16-18H,12-15,19H2,1-2H3,(H,27,30). The number of rotatable bonds is 5. The average Bonchev–Trinajstić information content (AvgIpc) is 2.75. The van der Waals surface area contributed by atoms with Crippen LogP contribution in [-0.4, -0.2) is 37.0 Å². The Morgan fingerprint density at radius 2 is 1.47 bits per heavy atom. The number of carbonyl (C=O) groups is 1. The summed E-state index contributed by atoms with van der Waals surface area (Å²) in [5.74, 6) is -0.0657. The van der Waals surface area contributed by atoms with Gasteiger partial charge in [0, 0.05) is 49.7 Å². The molecule has 0 bridgehead atoms. The first-order valence-corrected chi connectivity index (χ1v) is 10.6. The van der Waals surface area contributed by atoms with E-state index in [1.54, 1.807) is 0 Å². The Balaban J connectivity index is 1.32. The van der Waals surface area contributed by atoms with E-state index >= 15 is 0 Å². The predicted molar refractivity (Wildman–Crippen MR) is 124 cm³/mol. The van der Waals surface area contributed by atoms with Crippen molar-refractivity contribution in [2.24, 2.45) is 0 Å². The molecule has 4 heteroatoms. The van der Waals surface area contributed by atoms with E-state index in [4.69, 9.17) is 0 Å². The number of nitrogens with zero attached hydrogens (tertiary/aromatic N) is 2. The lowest BCUT2D eigenvalue weighted by Gasteiger charge is -2.36. The van der Waals surface area contributed by atoms with Crippen molar-refractivity contribution in [1.29, 1.82) is 0 Å². The zero-order valence-corrected chi connectivity index (χ0v) is 17.8. The third-order valence-corrected chi connectivity index (χ3v) is 5.60. The zero-order chi connectivity index (χ0) is 20.9. The van der Waals surface area contributed by atoms with E-state index in [0.29, 0.717) is 5.56 Å². The number of nitrogens with one attached hydrogen (secondary N) is 1. The van der Waals surface area contributed by atoms with Crippen molar-refractivity contribution in [2.45, 2.75) is 20.4 Å². The summed E-state index contributed by atoms with van der Waals surface area (Å²) in [6.07, 6.45) is 0. The Kier molecular flexibility index (Phi) is 6.15. The van der Waals surface area contributed by atoms with Crippen LogP contribution in [0.3, 0.4) is 0 Å². The van der Waals surface area contributed by atoms with Gasteiger partial charge >= 0.3 is 0 Å². The molecule has 0 radical (unpaired) electrons. The number of aryl methyl sites for hydroxylation is 2. The monoisotopic (exact) mass is 399 g/mol. The van der Waals surface area contributed by atoms with Gasteiger partial charge in [0.2, 0.25) is 0 Å². The molecule has 1 fully saturated rings. The van der Waals surface area contributed by atoms with Crippen molar-refractivity contribution < 1.29 is 4.79 Å². The van der Waals surface area contributed by atoms with Crippen LogP contribution in [-0.2, 0) is 6.54 Å². The Bertz CT molecular complexity index is 970. The Morgan fingerprint density at radius 1 is 0.833 bits per heavy atom. The number of hydrogen-bond donors (Lipinski definition) is 1. The molecule has 154 valence electrons. The molecule has 0 aromatic heterocycles. The fourth-order valence-corrected chi connectivity index (χ4v) is 4.07. The van der Waals surface area contributed by atoms with Crippen LogP contribution in [0.15, 0.2) is 72.8 Å². The Morgan fingerprint density at radius 3 is 2.10 bits per heavy atom. The van der Waals surface area contributed by atoms with Gasteiger partial charge in [0.25, 0.3) is 5.91 Å². The van der Waals surface area contributed by atoms with E-state index in [1.807, 2.05) is 38.1 Å². The molecule has 1 aliphatic heterocycles. The molecule has 4 rings (SSSR count). The number of amides is 1. The Labute approximate surface area is 179 Å². The molecule has 4 nitrogen and oxygen atoms in total. The van der Waals surface area contributed by atoms with Crippen LogP contribution in [0.1, 0.15) is 27.0 Å². The molecule has 0 saturated carbocycles. The maximum atomic E-state index is 12.6. The van der Waals surface area contributed by atoms with Crippen molar-refractivity contribution in [2.75, 3.05) is 36.4 Å². The minimum absolute atomic E-state index is 0.0657. The maximum absolute atomic E-state index is 12.6. The van der Waals surface area contributed by atoms with Gasteiger partial charge in [-0.1, -0.05) is 47.5 Å². The number of anilines is 2. The minimum Gasteiger partial charge on any atom is -0.369 e. The van der Waals surface area contributed by atoms with Gasteiger partial charge in [-0.05, 0) is 55.8 Å². The lowest BCUT2D eigenvalue weighted by atomic mass is 10.1. The van der Waals surface area contributed by atoms with Crippen LogP contribution in [0.4, 0.5) is 11.4 Å². The maximum Gasteiger partial charge on any atom is 0.255 e. The molecule has 0 atom stereocenters. The molecular formula is C26H29N3O. The van der Waals surface area contributed by atoms with Crippen molar-refractivity contribution in [3.05, 3.63) is 95.1 Å². The highest BCUT2D eigenvalue weighted by molar-refractivity contribution is 6.04. The molecule has 0 aliphatic carbocycles. The first kappa shape index (κ1) is 20.2. The lowest BCUT2D eigenvalue weighted by molar-refractivity contribution is 0.102. The molecule has 0 unspecified atom stereocenters. The summed E-state index contributed by atoms with van der Waals surface area (Å²) < 4.78 is 0. The molecule has 1 saturated heterocycles. The molecule has 3 aromatic carbocycles. The summed E-state index contributed by atoms with van der Waals surface area (Å²) in [4.78, 5) is 17.5. The van der Waals surface area contributed by atoms with Gasteiger partial charge in [0.15, 0.2) is 0 Å². The Hall–Kier alpha value is -3.11. The molecule has 0 spiro atoms. The summed E-state index contributed by atoms with van der Waals surface area (Å²) in [7, 11) is 0. The van der Waals surface area contributed by atoms with Crippen LogP contribution >= 0.6 is 0 Å². The first-order chi connectivity index (χ1) is 14.6. The molecule has 1 heterocycles. The highest BCUT2D eigenvalue weighted by Gasteiger charge is 2.17. The topological polar surface area (TPSA) is 35.6 Å². The van der Waals surface area contributed by atoms with Gasteiger partial charge in [-0.15, -0.1) is 0 Å². The van der Waals surface area contributed by atoms with Crippen molar-refractivity contribution in [1.82, 2.24) is 4.90 Å². The summed E-state index contributed by atoms with van der Waals surface area (Å²) >= 11 is 0. The van der Waals surface area contributed by atoms with Crippen molar-refractivity contribution in [3.8, 4) is 0 Å².